The van der Waals surface area contributed by atoms with E-state index in [2.05, 4.69) is 4.74 Å². The predicted molar refractivity (Wildman–Crippen MR) is 69.6 cm³/mol. The zero-order valence-electron chi connectivity index (χ0n) is 10.6. The maximum atomic E-state index is 12.2. The SMILES string of the molecule is COC(=O)CN(C(=O)c1cccc(Cl)c1)C(C)C. The van der Waals surface area contributed by atoms with Crippen LogP contribution in [0.4, 0.5) is 0 Å². The Bertz CT molecular complexity index is 446. The number of hydrogen-bond donors (Lipinski definition) is 0. The van der Waals surface area contributed by atoms with Gasteiger partial charge in [-0.3, -0.25) is 9.59 Å². The van der Waals surface area contributed by atoms with Crippen LogP contribution in [0.1, 0.15) is 24.2 Å². The van der Waals surface area contributed by atoms with Gasteiger partial charge >= 0.3 is 5.97 Å². The molecular formula is C13H16ClNO3. The quantitative estimate of drug-likeness (QED) is 0.789. The van der Waals surface area contributed by atoms with Crippen molar-refractivity contribution in [3.8, 4) is 0 Å². The van der Waals surface area contributed by atoms with E-state index in [0.29, 0.717) is 10.6 Å². The lowest BCUT2D eigenvalue weighted by Crippen LogP contribution is -2.41. The first kappa shape index (κ1) is 14.5. The van der Waals surface area contributed by atoms with Crippen LogP contribution in [-0.4, -0.2) is 36.5 Å². The molecule has 0 bridgehead atoms. The minimum atomic E-state index is -0.445. The Hall–Kier alpha value is -1.55. The lowest BCUT2D eigenvalue weighted by Gasteiger charge is -2.25. The standard InChI is InChI=1S/C13H16ClNO3/c1-9(2)15(8-12(16)18-3)13(17)10-5-4-6-11(14)7-10/h4-7,9H,8H2,1-3H3. The summed E-state index contributed by atoms with van der Waals surface area (Å²) in [7, 11) is 1.30. The number of hydrogen-bond acceptors (Lipinski definition) is 3. The van der Waals surface area contributed by atoms with E-state index >= 15 is 0 Å². The molecule has 98 valence electrons. The van der Waals surface area contributed by atoms with Crippen LogP contribution in [-0.2, 0) is 9.53 Å². The molecule has 5 heteroatoms. The number of methoxy groups -OCH3 is 1. The lowest BCUT2D eigenvalue weighted by atomic mass is 10.1. The molecule has 0 aliphatic rings. The van der Waals surface area contributed by atoms with Crippen molar-refractivity contribution in [1.82, 2.24) is 4.90 Å². The normalized spacial score (nSPS) is 10.3. The summed E-state index contributed by atoms with van der Waals surface area (Å²) in [6, 6.07) is 6.54. The molecule has 1 aromatic carbocycles. The first-order valence-corrected chi connectivity index (χ1v) is 5.97. The molecule has 0 unspecified atom stereocenters. The molecule has 0 saturated heterocycles. The van der Waals surface area contributed by atoms with Crippen LogP contribution in [0.15, 0.2) is 24.3 Å². The highest BCUT2D eigenvalue weighted by molar-refractivity contribution is 6.30. The van der Waals surface area contributed by atoms with Gasteiger partial charge in [-0.25, -0.2) is 0 Å². The topological polar surface area (TPSA) is 46.6 Å². The molecule has 0 aliphatic carbocycles. The summed E-state index contributed by atoms with van der Waals surface area (Å²) in [5, 5.41) is 0.489. The van der Waals surface area contributed by atoms with Gasteiger partial charge in [0.1, 0.15) is 6.54 Å². The van der Waals surface area contributed by atoms with E-state index in [1.807, 2.05) is 13.8 Å². The molecule has 0 N–H and O–H groups in total. The van der Waals surface area contributed by atoms with Crippen LogP contribution >= 0.6 is 11.6 Å². The van der Waals surface area contributed by atoms with Gasteiger partial charge in [0.2, 0.25) is 0 Å². The summed E-state index contributed by atoms with van der Waals surface area (Å²) in [6.07, 6.45) is 0. The molecule has 0 aliphatic heterocycles. The van der Waals surface area contributed by atoms with Crippen molar-refractivity contribution in [2.24, 2.45) is 0 Å². The number of benzene rings is 1. The van der Waals surface area contributed by atoms with Gasteiger partial charge in [-0.2, -0.15) is 0 Å². The van der Waals surface area contributed by atoms with Gasteiger partial charge in [0.25, 0.3) is 5.91 Å². The Morgan fingerprint density at radius 2 is 2.06 bits per heavy atom. The van der Waals surface area contributed by atoms with E-state index in [1.54, 1.807) is 24.3 Å². The van der Waals surface area contributed by atoms with Gasteiger partial charge in [-0.1, -0.05) is 17.7 Å². The van der Waals surface area contributed by atoms with Crippen molar-refractivity contribution >= 4 is 23.5 Å². The Labute approximate surface area is 111 Å². The molecule has 0 atom stereocenters. The summed E-state index contributed by atoms with van der Waals surface area (Å²) in [5.41, 5.74) is 0.458. The number of ether oxygens (including phenoxy) is 1. The Kier molecular flexibility index (Phi) is 5.16. The summed E-state index contributed by atoms with van der Waals surface area (Å²) in [4.78, 5) is 25.0. The summed E-state index contributed by atoms with van der Waals surface area (Å²) < 4.78 is 4.58. The van der Waals surface area contributed by atoms with E-state index < -0.39 is 5.97 Å². The van der Waals surface area contributed by atoms with Gasteiger partial charge in [-0.15, -0.1) is 0 Å². The fraction of sp³-hybridized carbons (Fsp3) is 0.385. The number of halogens is 1. The Balaban J connectivity index is 2.93. The maximum Gasteiger partial charge on any atom is 0.325 e. The van der Waals surface area contributed by atoms with Gasteiger partial charge in [-0.05, 0) is 32.0 Å². The fourth-order valence-corrected chi connectivity index (χ4v) is 1.67. The second-order valence-electron chi connectivity index (χ2n) is 4.11. The summed E-state index contributed by atoms with van der Waals surface area (Å²) in [5.74, 6) is -0.683. The highest BCUT2D eigenvalue weighted by Crippen LogP contribution is 2.14. The summed E-state index contributed by atoms with van der Waals surface area (Å²) in [6.45, 7) is 3.61. The minimum absolute atomic E-state index is 0.0699. The molecule has 4 nitrogen and oxygen atoms in total. The number of esters is 1. The lowest BCUT2D eigenvalue weighted by molar-refractivity contribution is -0.141. The molecule has 0 aromatic heterocycles. The van der Waals surface area contributed by atoms with Crippen molar-refractivity contribution in [3.63, 3.8) is 0 Å². The number of carbonyl (C=O) groups is 2. The van der Waals surface area contributed by atoms with Crippen LogP contribution in [0.25, 0.3) is 0 Å². The third kappa shape index (κ3) is 3.74. The van der Waals surface area contributed by atoms with Crippen LogP contribution in [0.2, 0.25) is 5.02 Å². The van der Waals surface area contributed by atoms with Crippen LogP contribution in [0, 0.1) is 0 Å². The van der Waals surface area contributed by atoms with Crippen LogP contribution in [0.3, 0.4) is 0 Å². The number of rotatable bonds is 4. The van der Waals surface area contributed by atoms with Crippen molar-refractivity contribution in [3.05, 3.63) is 34.9 Å². The average Bonchev–Trinajstić information content (AvgIpc) is 2.34. The third-order valence-electron chi connectivity index (χ3n) is 2.48. The second-order valence-corrected chi connectivity index (χ2v) is 4.55. The minimum Gasteiger partial charge on any atom is -0.468 e. The number of nitrogens with zero attached hydrogens (tertiary/aromatic N) is 1. The molecule has 1 aromatic rings. The van der Waals surface area contributed by atoms with E-state index in [-0.39, 0.29) is 18.5 Å². The largest absolute Gasteiger partial charge is 0.468 e. The molecule has 0 spiro atoms. The monoisotopic (exact) mass is 269 g/mol. The average molecular weight is 270 g/mol. The zero-order chi connectivity index (χ0) is 13.7. The van der Waals surface area contributed by atoms with Gasteiger partial charge in [0.15, 0.2) is 0 Å². The first-order valence-electron chi connectivity index (χ1n) is 5.59. The maximum absolute atomic E-state index is 12.2. The fourth-order valence-electron chi connectivity index (χ4n) is 1.48. The number of amides is 1. The number of carbonyl (C=O) groups excluding carboxylic acids is 2. The highest BCUT2D eigenvalue weighted by Gasteiger charge is 2.21. The van der Waals surface area contributed by atoms with Crippen LogP contribution < -0.4 is 0 Å². The molecule has 0 radical (unpaired) electrons. The van der Waals surface area contributed by atoms with Crippen LogP contribution in [0.5, 0.6) is 0 Å². The third-order valence-corrected chi connectivity index (χ3v) is 2.72. The molecule has 1 rings (SSSR count). The molecule has 1 amide bonds. The molecule has 0 heterocycles. The van der Waals surface area contributed by atoms with E-state index in [1.165, 1.54) is 12.0 Å². The van der Waals surface area contributed by atoms with Crippen molar-refractivity contribution < 1.29 is 14.3 Å². The molecular weight excluding hydrogens is 254 g/mol. The molecule has 18 heavy (non-hydrogen) atoms. The van der Waals surface area contributed by atoms with Crippen molar-refractivity contribution in [2.75, 3.05) is 13.7 Å². The highest BCUT2D eigenvalue weighted by atomic mass is 35.5. The molecule has 0 saturated carbocycles. The zero-order valence-corrected chi connectivity index (χ0v) is 11.4. The Morgan fingerprint density at radius 3 is 2.56 bits per heavy atom. The van der Waals surface area contributed by atoms with E-state index in [0.717, 1.165) is 0 Å². The van der Waals surface area contributed by atoms with E-state index in [9.17, 15) is 9.59 Å². The van der Waals surface area contributed by atoms with Crippen molar-refractivity contribution in [1.29, 1.82) is 0 Å². The Morgan fingerprint density at radius 1 is 1.39 bits per heavy atom. The van der Waals surface area contributed by atoms with Gasteiger partial charge < -0.3 is 9.64 Å². The smallest absolute Gasteiger partial charge is 0.325 e. The summed E-state index contributed by atoms with van der Waals surface area (Å²) >= 11 is 5.84. The van der Waals surface area contributed by atoms with E-state index in [4.69, 9.17) is 11.6 Å². The predicted octanol–water partition coefficient (Wildman–Crippen LogP) is 2.36. The van der Waals surface area contributed by atoms with Gasteiger partial charge in [0.05, 0.1) is 7.11 Å². The first-order chi connectivity index (χ1) is 8.45. The molecule has 0 fully saturated rings. The van der Waals surface area contributed by atoms with Crippen molar-refractivity contribution in [2.45, 2.75) is 19.9 Å². The second kappa shape index (κ2) is 6.40. The van der Waals surface area contributed by atoms with Gasteiger partial charge in [0, 0.05) is 16.6 Å².